The van der Waals surface area contributed by atoms with E-state index in [2.05, 4.69) is 21.4 Å². The summed E-state index contributed by atoms with van der Waals surface area (Å²) in [6, 6.07) is 2.20. The third-order valence-electron chi connectivity index (χ3n) is 3.77. The van der Waals surface area contributed by atoms with Crippen molar-refractivity contribution in [3.63, 3.8) is 0 Å². The lowest BCUT2D eigenvalue weighted by molar-refractivity contribution is -0.122. The molecule has 0 unspecified atom stereocenters. The quantitative estimate of drug-likeness (QED) is 0.883. The van der Waals surface area contributed by atoms with Crippen molar-refractivity contribution >= 4 is 11.6 Å². The summed E-state index contributed by atoms with van der Waals surface area (Å²) in [4.78, 5) is 14.3. The molecule has 1 aromatic heterocycles. The number of rotatable bonds is 5. The van der Waals surface area contributed by atoms with E-state index in [0.717, 1.165) is 25.9 Å². The molecule has 1 N–H and O–H groups in total. The van der Waals surface area contributed by atoms with Crippen molar-refractivity contribution in [2.75, 3.05) is 26.0 Å². The monoisotopic (exact) mass is 275 g/mol. The predicted molar refractivity (Wildman–Crippen MR) is 75.9 cm³/mol. The van der Waals surface area contributed by atoms with Gasteiger partial charge in [-0.3, -0.25) is 9.48 Å². The van der Waals surface area contributed by atoms with E-state index in [0.29, 0.717) is 18.5 Å². The van der Waals surface area contributed by atoms with Crippen LogP contribution in [0.3, 0.4) is 0 Å². The average molecular weight is 275 g/mol. The van der Waals surface area contributed by atoms with E-state index in [9.17, 15) is 10.1 Å². The summed E-state index contributed by atoms with van der Waals surface area (Å²) in [5, 5.41) is 16.3. The number of hydrogen-bond acceptors (Lipinski definition) is 4. The molecule has 0 radical (unpaired) electrons. The number of anilines is 1. The highest BCUT2D eigenvalue weighted by Crippen LogP contribution is 2.38. The van der Waals surface area contributed by atoms with Crippen LogP contribution >= 0.6 is 0 Å². The van der Waals surface area contributed by atoms with Crippen LogP contribution in [0.1, 0.15) is 25.7 Å². The first-order chi connectivity index (χ1) is 9.55. The maximum Gasteiger partial charge on any atom is 0.244 e. The van der Waals surface area contributed by atoms with Crippen LogP contribution in [-0.4, -0.2) is 41.2 Å². The minimum Gasteiger partial charge on any atom is -0.322 e. The smallest absolute Gasteiger partial charge is 0.244 e. The number of hydrogen-bond donors (Lipinski definition) is 1. The fourth-order valence-corrected chi connectivity index (χ4v) is 2.47. The van der Waals surface area contributed by atoms with Crippen LogP contribution in [0.15, 0.2) is 12.4 Å². The van der Waals surface area contributed by atoms with E-state index in [1.165, 1.54) is 0 Å². The summed E-state index contributed by atoms with van der Waals surface area (Å²) in [6.07, 6.45) is 6.65. The summed E-state index contributed by atoms with van der Waals surface area (Å²) in [5.41, 5.74) is -0.179. The highest BCUT2D eigenvalue weighted by atomic mass is 16.2. The lowest BCUT2D eigenvalue weighted by Crippen LogP contribution is -2.32. The fraction of sp³-hybridized carbons (Fsp3) is 0.643. The SMILES string of the molecule is CN(C)CCn1cc(NC(=O)C2(C#N)CCCC2)cn1. The van der Waals surface area contributed by atoms with Crippen LogP contribution in [0.5, 0.6) is 0 Å². The highest BCUT2D eigenvalue weighted by molar-refractivity contribution is 5.97. The van der Waals surface area contributed by atoms with Gasteiger partial charge in [0.05, 0.1) is 24.5 Å². The molecule has 1 aromatic rings. The summed E-state index contributed by atoms with van der Waals surface area (Å²) < 4.78 is 1.79. The molecule has 1 aliphatic carbocycles. The van der Waals surface area contributed by atoms with Gasteiger partial charge in [-0.15, -0.1) is 0 Å². The Hall–Kier alpha value is -1.87. The van der Waals surface area contributed by atoms with Gasteiger partial charge in [-0.05, 0) is 26.9 Å². The Morgan fingerprint density at radius 1 is 1.55 bits per heavy atom. The molecule has 0 bridgehead atoms. The number of aromatic nitrogens is 2. The van der Waals surface area contributed by atoms with Gasteiger partial charge >= 0.3 is 0 Å². The summed E-state index contributed by atoms with van der Waals surface area (Å²) in [5.74, 6) is -0.190. The van der Waals surface area contributed by atoms with Gasteiger partial charge in [0.25, 0.3) is 0 Å². The molecule has 1 aliphatic rings. The number of carbonyl (C=O) groups excluding carboxylic acids is 1. The Morgan fingerprint density at radius 2 is 2.25 bits per heavy atom. The van der Waals surface area contributed by atoms with Gasteiger partial charge in [0, 0.05) is 12.7 Å². The molecule has 6 nitrogen and oxygen atoms in total. The van der Waals surface area contributed by atoms with Gasteiger partial charge in [-0.25, -0.2) is 0 Å². The molecule has 20 heavy (non-hydrogen) atoms. The van der Waals surface area contributed by atoms with Crippen LogP contribution in [0.4, 0.5) is 5.69 Å². The minimum absolute atomic E-state index is 0.190. The van der Waals surface area contributed by atoms with Crippen molar-refractivity contribution in [2.45, 2.75) is 32.2 Å². The maximum atomic E-state index is 12.3. The summed E-state index contributed by atoms with van der Waals surface area (Å²) in [7, 11) is 4.01. The predicted octanol–water partition coefficient (Wildman–Crippen LogP) is 1.47. The minimum atomic E-state index is -0.842. The van der Waals surface area contributed by atoms with Crippen LogP contribution in [-0.2, 0) is 11.3 Å². The van der Waals surface area contributed by atoms with Gasteiger partial charge in [0.2, 0.25) is 5.91 Å². The number of nitrogens with zero attached hydrogens (tertiary/aromatic N) is 4. The second kappa shape index (κ2) is 6.06. The van der Waals surface area contributed by atoms with Crippen molar-refractivity contribution in [1.82, 2.24) is 14.7 Å². The largest absolute Gasteiger partial charge is 0.322 e. The normalized spacial score (nSPS) is 17.1. The highest BCUT2D eigenvalue weighted by Gasteiger charge is 2.41. The van der Waals surface area contributed by atoms with Crippen LogP contribution < -0.4 is 5.32 Å². The lowest BCUT2D eigenvalue weighted by atomic mass is 9.87. The van der Waals surface area contributed by atoms with Gasteiger partial charge in [-0.2, -0.15) is 10.4 Å². The van der Waals surface area contributed by atoms with E-state index in [-0.39, 0.29) is 5.91 Å². The number of amides is 1. The topological polar surface area (TPSA) is 73.9 Å². The summed E-state index contributed by atoms with van der Waals surface area (Å²) in [6.45, 7) is 1.66. The zero-order valence-electron chi connectivity index (χ0n) is 12.1. The molecule has 2 rings (SSSR count). The van der Waals surface area contributed by atoms with E-state index in [1.54, 1.807) is 17.1 Å². The second-order valence-electron chi connectivity index (χ2n) is 5.65. The zero-order valence-corrected chi connectivity index (χ0v) is 12.1. The van der Waals surface area contributed by atoms with Crippen molar-refractivity contribution in [2.24, 2.45) is 5.41 Å². The van der Waals surface area contributed by atoms with E-state index < -0.39 is 5.41 Å². The molecule has 6 heteroatoms. The van der Waals surface area contributed by atoms with Crippen molar-refractivity contribution in [3.05, 3.63) is 12.4 Å². The first-order valence-electron chi connectivity index (χ1n) is 6.96. The average Bonchev–Trinajstić information content (AvgIpc) is 3.05. The molecule has 0 spiro atoms. The zero-order chi connectivity index (χ0) is 14.6. The van der Waals surface area contributed by atoms with E-state index >= 15 is 0 Å². The molecule has 108 valence electrons. The third-order valence-corrected chi connectivity index (χ3v) is 3.77. The Morgan fingerprint density at radius 3 is 2.85 bits per heavy atom. The van der Waals surface area contributed by atoms with Crippen LogP contribution in [0.2, 0.25) is 0 Å². The van der Waals surface area contributed by atoms with Crippen molar-refractivity contribution in [1.29, 1.82) is 5.26 Å². The Balaban J connectivity index is 1.96. The first kappa shape index (κ1) is 14.5. The molecular weight excluding hydrogens is 254 g/mol. The van der Waals surface area contributed by atoms with Crippen molar-refractivity contribution < 1.29 is 4.79 Å². The number of likely N-dealkylation sites (N-methyl/N-ethyl adjacent to an activating group) is 1. The molecular formula is C14H21N5O. The lowest BCUT2D eigenvalue weighted by Gasteiger charge is -2.18. The number of nitriles is 1. The Labute approximate surface area is 119 Å². The molecule has 0 aliphatic heterocycles. The van der Waals surface area contributed by atoms with Gasteiger partial charge in [0.15, 0.2) is 0 Å². The molecule has 0 aromatic carbocycles. The van der Waals surface area contributed by atoms with E-state index in [4.69, 9.17) is 0 Å². The van der Waals surface area contributed by atoms with Crippen molar-refractivity contribution in [3.8, 4) is 6.07 Å². The number of nitrogens with one attached hydrogen (secondary N) is 1. The molecule has 1 amide bonds. The van der Waals surface area contributed by atoms with Crippen LogP contribution in [0.25, 0.3) is 0 Å². The standard InChI is InChI=1S/C14H21N5O/c1-18(2)7-8-19-10-12(9-16-19)17-13(20)14(11-15)5-3-4-6-14/h9-10H,3-8H2,1-2H3,(H,17,20). The van der Waals surface area contributed by atoms with E-state index in [1.807, 2.05) is 14.1 Å². The first-order valence-corrected chi connectivity index (χ1v) is 6.96. The molecule has 1 saturated carbocycles. The van der Waals surface area contributed by atoms with Crippen LogP contribution in [0, 0.1) is 16.7 Å². The third kappa shape index (κ3) is 3.17. The van der Waals surface area contributed by atoms with Gasteiger partial charge in [0.1, 0.15) is 5.41 Å². The molecule has 1 heterocycles. The van der Waals surface area contributed by atoms with Gasteiger partial charge < -0.3 is 10.2 Å². The Kier molecular flexibility index (Phi) is 4.40. The van der Waals surface area contributed by atoms with Gasteiger partial charge in [-0.1, -0.05) is 12.8 Å². The second-order valence-corrected chi connectivity index (χ2v) is 5.65. The Bertz CT molecular complexity index is 508. The fourth-order valence-electron chi connectivity index (χ4n) is 2.47. The molecule has 0 saturated heterocycles. The molecule has 1 fully saturated rings. The maximum absolute atomic E-state index is 12.3. The number of carbonyl (C=O) groups is 1. The summed E-state index contributed by atoms with van der Waals surface area (Å²) >= 11 is 0. The molecule has 0 atom stereocenters.